The Labute approximate surface area is 151 Å². The van der Waals surface area contributed by atoms with Crippen LogP contribution in [0.15, 0.2) is 30.5 Å². The van der Waals surface area contributed by atoms with Crippen molar-refractivity contribution in [3.05, 3.63) is 46.7 Å². The van der Waals surface area contributed by atoms with Crippen LogP contribution < -0.4 is 5.32 Å². The quantitative estimate of drug-likeness (QED) is 0.822. The van der Waals surface area contributed by atoms with Gasteiger partial charge in [0.2, 0.25) is 0 Å². The molecule has 0 bridgehead atoms. The Morgan fingerprint density at radius 2 is 1.76 bits per heavy atom. The van der Waals surface area contributed by atoms with Crippen LogP contribution in [-0.2, 0) is 4.79 Å². The topological polar surface area (TPSA) is 84.2 Å². The Hall–Kier alpha value is -2.34. The third-order valence-electron chi connectivity index (χ3n) is 4.17. The van der Waals surface area contributed by atoms with Gasteiger partial charge in [0.15, 0.2) is 0 Å². The van der Waals surface area contributed by atoms with Crippen LogP contribution in [0.3, 0.4) is 0 Å². The molecular weight excluding hydrogens is 342 g/mol. The minimum Gasteiger partial charge on any atom is -0.481 e. The van der Waals surface area contributed by atoms with Gasteiger partial charge in [-0.15, -0.1) is 0 Å². The number of carboxylic acids is 1. The van der Waals surface area contributed by atoms with Gasteiger partial charge in [-0.2, -0.15) is 5.10 Å². The number of nitrogens with zero attached hydrogens (tertiary/aromatic N) is 2. The van der Waals surface area contributed by atoms with Crippen molar-refractivity contribution >= 4 is 23.5 Å². The predicted octanol–water partition coefficient (Wildman–Crippen LogP) is 3.49. The lowest BCUT2D eigenvalue weighted by atomic mass is 10.0. The lowest BCUT2D eigenvalue weighted by Crippen LogP contribution is -2.40. The second-order valence-corrected chi connectivity index (χ2v) is 6.81. The summed E-state index contributed by atoms with van der Waals surface area (Å²) < 4.78 is 1.71. The Balaban J connectivity index is 2.34. The summed E-state index contributed by atoms with van der Waals surface area (Å²) in [6.07, 6.45) is 1.51. The normalized spacial score (nSPS) is 13.5. The number of nitrogens with one attached hydrogen (secondary N) is 1. The maximum Gasteiger partial charge on any atom is 0.308 e. The van der Waals surface area contributed by atoms with Crippen molar-refractivity contribution in [1.29, 1.82) is 0 Å². The molecule has 0 radical (unpaired) electrons. The first-order valence-electron chi connectivity index (χ1n) is 8.10. The lowest BCUT2D eigenvalue weighted by molar-refractivity contribution is -0.141. The first-order valence-corrected chi connectivity index (χ1v) is 8.47. The summed E-state index contributed by atoms with van der Waals surface area (Å²) in [6, 6.07) is 6.69. The fraction of sp³-hybridized carbons (Fsp3) is 0.389. The number of hydrogen-bond acceptors (Lipinski definition) is 3. The number of aliphatic carboxylic acids is 1. The van der Waals surface area contributed by atoms with Gasteiger partial charge in [-0.1, -0.05) is 25.4 Å². The maximum absolute atomic E-state index is 12.6. The second kappa shape index (κ2) is 7.70. The van der Waals surface area contributed by atoms with E-state index < -0.39 is 17.9 Å². The average Bonchev–Trinajstić information content (AvgIpc) is 2.99. The van der Waals surface area contributed by atoms with Gasteiger partial charge >= 0.3 is 5.97 Å². The Morgan fingerprint density at radius 3 is 2.28 bits per heavy atom. The molecule has 0 spiro atoms. The lowest BCUT2D eigenvalue weighted by Gasteiger charge is -2.18. The third-order valence-corrected chi connectivity index (χ3v) is 4.42. The zero-order valence-corrected chi connectivity index (χ0v) is 15.4. The first kappa shape index (κ1) is 19.0. The summed E-state index contributed by atoms with van der Waals surface area (Å²) in [5.41, 5.74) is 2.00. The molecule has 1 heterocycles. The molecule has 0 saturated heterocycles. The molecule has 2 aromatic rings. The van der Waals surface area contributed by atoms with Crippen molar-refractivity contribution in [2.24, 2.45) is 5.92 Å². The van der Waals surface area contributed by atoms with Crippen molar-refractivity contribution < 1.29 is 14.7 Å². The SMILES string of the molecule is CC(C)c1c(C(=O)NC(C)C(C)C(=O)O)cnn1-c1ccc(Cl)cc1. The summed E-state index contributed by atoms with van der Waals surface area (Å²) in [7, 11) is 0. The molecule has 7 heteroatoms. The minimum atomic E-state index is -0.950. The van der Waals surface area contributed by atoms with Crippen LogP contribution in [0.25, 0.3) is 5.69 Å². The van der Waals surface area contributed by atoms with E-state index in [0.29, 0.717) is 10.6 Å². The first-order chi connectivity index (χ1) is 11.7. The highest BCUT2D eigenvalue weighted by Gasteiger charge is 2.25. The van der Waals surface area contributed by atoms with E-state index in [1.807, 2.05) is 26.0 Å². The average molecular weight is 364 g/mol. The zero-order chi connectivity index (χ0) is 18.7. The molecule has 2 N–H and O–H groups in total. The van der Waals surface area contributed by atoms with Crippen LogP contribution in [0.2, 0.25) is 5.02 Å². The predicted molar refractivity (Wildman–Crippen MR) is 96.4 cm³/mol. The molecule has 1 aromatic carbocycles. The summed E-state index contributed by atoms with van der Waals surface area (Å²) in [5.74, 6) is -1.91. The molecule has 0 saturated carbocycles. The van der Waals surface area contributed by atoms with E-state index in [9.17, 15) is 9.59 Å². The number of carbonyl (C=O) groups excluding carboxylic acids is 1. The van der Waals surface area contributed by atoms with Gasteiger partial charge in [-0.3, -0.25) is 9.59 Å². The van der Waals surface area contributed by atoms with E-state index in [1.54, 1.807) is 30.7 Å². The second-order valence-electron chi connectivity index (χ2n) is 6.38. The van der Waals surface area contributed by atoms with Crippen molar-refractivity contribution in [3.63, 3.8) is 0 Å². The van der Waals surface area contributed by atoms with Gasteiger partial charge in [-0.25, -0.2) is 4.68 Å². The molecule has 1 aromatic heterocycles. The highest BCUT2D eigenvalue weighted by molar-refractivity contribution is 6.30. The van der Waals surface area contributed by atoms with E-state index in [-0.39, 0.29) is 11.8 Å². The molecule has 2 atom stereocenters. The van der Waals surface area contributed by atoms with E-state index in [1.165, 1.54) is 6.20 Å². The third kappa shape index (κ3) is 4.20. The largest absolute Gasteiger partial charge is 0.481 e. The molecule has 134 valence electrons. The monoisotopic (exact) mass is 363 g/mol. The van der Waals surface area contributed by atoms with Crippen LogP contribution in [-0.4, -0.2) is 32.8 Å². The van der Waals surface area contributed by atoms with Crippen molar-refractivity contribution in [2.75, 3.05) is 0 Å². The number of aromatic nitrogens is 2. The highest BCUT2D eigenvalue weighted by Crippen LogP contribution is 2.24. The smallest absolute Gasteiger partial charge is 0.308 e. The molecule has 25 heavy (non-hydrogen) atoms. The fourth-order valence-corrected chi connectivity index (χ4v) is 2.63. The number of halogens is 1. The maximum atomic E-state index is 12.6. The van der Waals surface area contributed by atoms with Crippen LogP contribution in [0, 0.1) is 5.92 Å². The van der Waals surface area contributed by atoms with Crippen LogP contribution in [0.1, 0.15) is 49.7 Å². The van der Waals surface area contributed by atoms with Gasteiger partial charge in [0.25, 0.3) is 5.91 Å². The van der Waals surface area contributed by atoms with Gasteiger partial charge in [0.05, 0.1) is 29.1 Å². The van der Waals surface area contributed by atoms with Gasteiger partial charge in [-0.05, 0) is 44.0 Å². The molecule has 6 nitrogen and oxygen atoms in total. The van der Waals surface area contributed by atoms with E-state index in [4.69, 9.17) is 16.7 Å². The van der Waals surface area contributed by atoms with Crippen LogP contribution in [0.4, 0.5) is 0 Å². The van der Waals surface area contributed by atoms with E-state index in [0.717, 1.165) is 11.4 Å². The van der Waals surface area contributed by atoms with Gasteiger partial charge < -0.3 is 10.4 Å². The Kier molecular flexibility index (Phi) is 5.85. The summed E-state index contributed by atoms with van der Waals surface area (Å²) >= 11 is 5.93. The number of carboxylic acid groups (broad SMARTS) is 1. The van der Waals surface area contributed by atoms with E-state index >= 15 is 0 Å². The molecule has 0 fully saturated rings. The molecular formula is C18H22ClN3O3. The summed E-state index contributed by atoms with van der Waals surface area (Å²) in [5, 5.41) is 16.8. The highest BCUT2D eigenvalue weighted by atomic mass is 35.5. The van der Waals surface area contributed by atoms with E-state index in [2.05, 4.69) is 10.4 Å². The Morgan fingerprint density at radius 1 is 1.16 bits per heavy atom. The summed E-state index contributed by atoms with van der Waals surface area (Å²) in [6.45, 7) is 7.19. The Bertz CT molecular complexity index is 768. The number of carbonyl (C=O) groups is 2. The van der Waals surface area contributed by atoms with Gasteiger partial charge in [0.1, 0.15) is 0 Å². The zero-order valence-electron chi connectivity index (χ0n) is 14.7. The number of benzene rings is 1. The molecule has 2 unspecified atom stereocenters. The molecule has 1 amide bonds. The number of hydrogen-bond donors (Lipinski definition) is 2. The van der Waals surface area contributed by atoms with Crippen LogP contribution >= 0.6 is 11.6 Å². The van der Waals surface area contributed by atoms with Crippen LogP contribution in [0.5, 0.6) is 0 Å². The standard InChI is InChI=1S/C18H22ClN3O3/c1-10(2)16-15(17(23)21-12(4)11(3)18(24)25)9-20-22(16)14-7-5-13(19)6-8-14/h5-12H,1-4H3,(H,21,23)(H,24,25). The molecule has 0 aliphatic carbocycles. The van der Waals surface area contributed by atoms with Crippen molar-refractivity contribution in [1.82, 2.24) is 15.1 Å². The molecule has 2 rings (SSSR count). The van der Waals surface area contributed by atoms with Crippen molar-refractivity contribution in [2.45, 2.75) is 39.7 Å². The van der Waals surface area contributed by atoms with Crippen molar-refractivity contribution in [3.8, 4) is 5.69 Å². The number of rotatable bonds is 6. The van der Waals surface area contributed by atoms with Gasteiger partial charge in [0, 0.05) is 11.1 Å². The fourth-order valence-electron chi connectivity index (χ4n) is 2.50. The number of amides is 1. The summed E-state index contributed by atoms with van der Waals surface area (Å²) in [4.78, 5) is 23.7. The molecule has 0 aliphatic heterocycles. The molecule has 0 aliphatic rings. The minimum absolute atomic E-state index is 0.0473.